The molecule has 4 heteroatoms. The lowest BCUT2D eigenvalue weighted by atomic mass is 9.98. The van der Waals surface area contributed by atoms with Crippen LogP contribution in [0.1, 0.15) is 43.0 Å². The fourth-order valence-corrected chi connectivity index (χ4v) is 2.37. The zero-order chi connectivity index (χ0) is 14.4. The largest absolute Gasteiger partial charge is 0.310 e. The predicted molar refractivity (Wildman–Crippen MR) is 81.6 cm³/mol. The standard InChI is InChI=1S/C16H24N4/c1-4-7-18-16(15-11-17-8-6-13(15)3)9-14-10-19-20(5-2)12-14/h6,8,10-12,16,18H,4-5,7,9H2,1-3H3. The first-order chi connectivity index (χ1) is 9.74. The van der Waals surface area contributed by atoms with Crippen LogP contribution in [0.5, 0.6) is 0 Å². The molecule has 2 rings (SSSR count). The van der Waals surface area contributed by atoms with E-state index < -0.39 is 0 Å². The van der Waals surface area contributed by atoms with Crippen LogP contribution in [-0.4, -0.2) is 21.3 Å². The van der Waals surface area contributed by atoms with Crippen LogP contribution in [0.3, 0.4) is 0 Å². The quantitative estimate of drug-likeness (QED) is 0.842. The Labute approximate surface area is 121 Å². The third kappa shape index (κ3) is 3.67. The van der Waals surface area contributed by atoms with Crippen LogP contribution < -0.4 is 5.32 Å². The Balaban J connectivity index is 2.17. The molecule has 0 amide bonds. The molecule has 0 aliphatic rings. The van der Waals surface area contributed by atoms with E-state index in [9.17, 15) is 0 Å². The van der Waals surface area contributed by atoms with Gasteiger partial charge in [0.15, 0.2) is 0 Å². The van der Waals surface area contributed by atoms with Crippen molar-refractivity contribution >= 4 is 0 Å². The number of rotatable bonds is 7. The Kier molecular flexibility index (Phi) is 5.30. The highest BCUT2D eigenvalue weighted by Gasteiger charge is 2.14. The smallest absolute Gasteiger partial charge is 0.0522 e. The summed E-state index contributed by atoms with van der Waals surface area (Å²) in [7, 11) is 0. The molecular weight excluding hydrogens is 248 g/mol. The van der Waals surface area contributed by atoms with Gasteiger partial charge in [0.1, 0.15) is 0 Å². The molecule has 0 saturated carbocycles. The van der Waals surface area contributed by atoms with Crippen LogP contribution in [0.15, 0.2) is 30.9 Å². The minimum Gasteiger partial charge on any atom is -0.310 e. The molecule has 0 radical (unpaired) electrons. The van der Waals surface area contributed by atoms with Crippen molar-refractivity contribution in [2.75, 3.05) is 6.54 Å². The summed E-state index contributed by atoms with van der Waals surface area (Å²) in [6.45, 7) is 8.37. The Hall–Kier alpha value is -1.68. The van der Waals surface area contributed by atoms with Crippen LogP contribution in [0.25, 0.3) is 0 Å². The highest BCUT2D eigenvalue weighted by atomic mass is 15.3. The Morgan fingerprint density at radius 1 is 1.30 bits per heavy atom. The van der Waals surface area contributed by atoms with Gasteiger partial charge in [-0.1, -0.05) is 6.92 Å². The van der Waals surface area contributed by atoms with Crippen molar-refractivity contribution < 1.29 is 0 Å². The highest BCUT2D eigenvalue weighted by molar-refractivity contribution is 5.27. The lowest BCUT2D eigenvalue weighted by Gasteiger charge is -2.19. The third-order valence-corrected chi connectivity index (χ3v) is 3.55. The van der Waals surface area contributed by atoms with E-state index in [2.05, 4.69) is 48.4 Å². The van der Waals surface area contributed by atoms with Crippen molar-refractivity contribution in [1.82, 2.24) is 20.1 Å². The van der Waals surface area contributed by atoms with E-state index in [-0.39, 0.29) is 0 Å². The molecule has 4 nitrogen and oxygen atoms in total. The lowest BCUT2D eigenvalue weighted by Crippen LogP contribution is -2.24. The first kappa shape index (κ1) is 14.7. The van der Waals surface area contributed by atoms with E-state index in [1.807, 2.05) is 23.3 Å². The van der Waals surface area contributed by atoms with Gasteiger partial charge in [0.05, 0.1) is 6.20 Å². The number of nitrogens with zero attached hydrogens (tertiary/aromatic N) is 3. The van der Waals surface area contributed by atoms with E-state index in [4.69, 9.17) is 0 Å². The number of nitrogens with one attached hydrogen (secondary N) is 1. The van der Waals surface area contributed by atoms with Gasteiger partial charge in [0.25, 0.3) is 0 Å². The molecule has 2 aromatic heterocycles. The predicted octanol–water partition coefficient (Wildman–Crippen LogP) is 2.89. The maximum absolute atomic E-state index is 4.36. The molecule has 108 valence electrons. The molecule has 0 aliphatic heterocycles. The molecule has 1 unspecified atom stereocenters. The summed E-state index contributed by atoms with van der Waals surface area (Å²) < 4.78 is 1.97. The number of aryl methyl sites for hydroxylation is 2. The van der Waals surface area contributed by atoms with E-state index >= 15 is 0 Å². The highest BCUT2D eigenvalue weighted by Crippen LogP contribution is 2.20. The molecule has 1 N–H and O–H groups in total. The Morgan fingerprint density at radius 3 is 2.80 bits per heavy atom. The maximum atomic E-state index is 4.36. The van der Waals surface area contributed by atoms with Crippen LogP contribution in [0.2, 0.25) is 0 Å². The zero-order valence-electron chi connectivity index (χ0n) is 12.6. The molecule has 20 heavy (non-hydrogen) atoms. The number of hydrogen-bond acceptors (Lipinski definition) is 3. The normalized spacial score (nSPS) is 12.6. The fourth-order valence-electron chi connectivity index (χ4n) is 2.37. The van der Waals surface area contributed by atoms with Gasteiger partial charge in [-0.05, 0) is 56.0 Å². The van der Waals surface area contributed by atoms with Gasteiger partial charge < -0.3 is 5.32 Å². The second kappa shape index (κ2) is 7.20. The first-order valence-corrected chi connectivity index (χ1v) is 7.39. The summed E-state index contributed by atoms with van der Waals surface area (Å²) in [6, 6.07) is 2.38. The molecule has 0 bridgehead atoms. The molecule has 0 spiro atoms. The molecule has 1 atom stereocenters. The summed E-state index contributed by atoms with van der Waals surface area (Å²) in [6.07, 6.45) is 10.0. The fraction of sp³-hybridized carbons (Fsp3) is 0.500. The number of aromatic nitrogens is 3. The monoisotopic (exact) mass is 272 g/mol. The maximum Gasteiger partial charge on any atom is 0.0522 e. The summed E-state index contributed by atoms with van der Waals surface area (Å²) >= 11 is 0. The number of pyridine rings is 1. The van der Waals surface area contributed by atoms with Gasteiger partial charge in [-0.15, -0.1) is 0 Å². The molecule has 0 saturated heterocycles. The van der Waals surface area contributed by atoms with Gasteiger partial charge in [-0.2, -0.15) is 5.10 Å². The number of hydrogen-bond donors (Lipinski definition) is 1. The van der Waals surface area contributed by atoms with Crippen molar-refractivity contribution in [1.29, 1.82) is 0 Å². The van der Waals surface area contributed by atoms with E-state index in [0.717, 1.165) is 25.9 Å². The summed E-state index contributed by atoms with van der Waals surface area (Å²) in [4.78, 5) is 4.28. The lowest BCUT2D eigenvalue weighted by molar-refractivity contribution is 0.525. The minimum absolute atomic E-state index is 0.304. The topological polar surface area (TPSA) is 42.7 Å². The van der Waals surface area contributed by atoms with Gasteiger partial charge in [0, 0.05) is 31.2 Å². The Bertz CT molecular complexity index is 533. The summed E-state index contributed by atoms with van der Waals surface area (Å²) in [5.41, 5.74) is 3.84. The average Bonchev–Trinajstić information content (AvgIpc) is 2.92. The molecule has 2 heterocycles. The first-order valence-electron chi connectivity index (χ1n) is 7.39. The average molecular weight is 272 g/mol. The van der Waals surface area contributed by atoms with Crippen LogP contribution in [-0.2, 0) is 13.0 Å². The second-order valence-corrected chi connectivity index (χ2v) is 5.15. The van der Waals surface area contributed by atoms with Crippen LogP contribution in [0, 0.1) is 6.92 Å². The van der Waals surface area contributed by atoms with Crippen molar-refractivity contribution in [2.24, 2.45) is 0 Å². The van der Waals surface area contributed by atoms with E-state index in [1.54, 1.807) is 0 Å². The summed E-state index contributed by atoms with van der Waals surface area (Å²) in [5.74, 6) is 0. The van der Waals surface area contributed by atoms with E-state index in [0.29, 0.717) is 6.04 Å². The SMILES string of the molecule is CCCNC(Cc1cnn(CC)c1)c1cnccc1C. The van der Waals surface area contributed by atoms with Gasteiger partial charge >= 0.3 is 0 Å². The van der Waals surface area contributed by atoms with Gasteiger partial charge in [0.2, 0.25) is 0 Å². The zero-order valence-corrected chi connectivity index (χ0v) is 12.6. The minimum atomic E-state index is 0.304. The Morgan fingerprint density at radius 2 is 2.15 bits per heavy atom. The molecule has 0 aromatic carbocycles. The van der Waals surface area contributed by atoms with Crippen LogP contribution in [0.4, 0.5) is 0 Å². The molecular formula is C16H24N4. The van der Waals surface area contributed by atoms with Gasteiger partial charge in [-0.3, -0.25) is 9.67 Å². The third-order valence-electron chi connectivity index (χ3n) is 3.55. The van der Waals surface area contributed by atoms with Crippen molar-refractivity contribution in [3.8, 4) is 0 Å². The van der Waals surface area contributed by atoms with Crippen LogP contribution >= 0.6 is 0 Å². The van der Waals surface area contributed by atoms with E-state index in [1.165, 1.54) is 16.7 Å². The molecule has 2 aromatic rings. The molecule has 0 fully saturated rings. The van der Waals surface area contributed by atoms with Crippen molar-refractivity contribution in [3.63, 3.8) is 0 Å². The van der Waals surface area contributed by atoms with Gasteiger partial charge in [-0.25, -0.2) is 0 Å². The van der Waals surface area contributed by atoms with Crippen molar-refractivity contribution in [3.05, 3.63) is 47.5 Å². The second-order valence-electron chi connectivity index (χ2n) is 5.15. The van der Waals surface area contributed by atoms with Crippen molar-refractivity contribution in [2.45, 2.75) is 46.2 Å². The molecule has 0 aliphatic carbocycles. The summed E-state index contributed by atoms with van der Waals surface area (Å²) in [5, 5.41) is 7.98.